The molecule has 1 aromatic rings. The molecule has 0 aromatic heterocycles. The summed E-state index contributed by atoms with van der Waals surface area (Å²) < 4.78 is 0. The molecule has 0 radical (unpaired) electrons. The molecular formula is C7H6N4O3. The largest absolute Gasteiger partial charge is 0.272 e. The zero-order valence-corrected chi connectivity index (χ0v) is 6.93. The molecule has 0 spiro atoms. The van der Waals surface area contributed by atoms with Gasteiger partial charge < -0.3 is 0 Å². The molecule has 0 atom stereocenters. The van der Waals surface area contributed by atoms with Gasteiger partial charge in [0, 0.05) is 17.7 Å². The quantitative estimate of drug-likeness (QED) is 0.429. The van der Waals surface area contributed by atoms with Crippen LogP contribution < -0.4 is 5.43 Å². The van der Waals surface area contributed by atoms with E-state index in [-0.39, 0.29) is 11.3 Å². The summed E-state index contributed by atoms with van der Waals surface area (Å²) in [6.45, 7) is 0. The Morgan fingerprint density at radius 3 is 2.43 bits per heavy atom. The molecule has 1 aromatic carbocycles. The second kappa shape index (κ2) is 4.08. The number of benzene rings is 1. The summed E-state index contributed by atoms with van der Waals surface area (Å²) in [4.78, 5) is 20.7. The maximum absolute atomic E-state index is 11.0. The van der Waals surface area contributed by atoms with Crippen LogP contribution in [0, 0.1) is 15.6 Å². The minimum Gasteiger partial charge on any atom is -0.267 e. The van der Waals surface area contributed by atoms with Gasteiger partial charge in [-0.3, -0.25) is 14.9 Å². The fourth-order valence-electron chi connectivity index (χ4n) is 0.850. The molecule has 14 heavy (non-hydrogen) atoms. The van der Waals surface area contributed by atoms with Gasteiger partial charge in [-0.25, -0.2) is 5.43 Å². The zero-order chi connectivity index (χ0) is 10.6. The second-order valence-electron chi connectivity index (χ2n) is 2.36. The summed E-state index contributed by atoms with van der Waals surface area (Å²) in [5.74, 6) is -0.574. The average molecular weight is 194 g/mol. The Hall–Kier alpha value is -2.31. The lowest BCUT2D eigenvalue weighted by molar-refractivity contribution is -0.384. The molecule has 0 saturated heterocycles. The highest BCUT2D eigenvalue weighted by atomic mass is 16.6. The number of nitro groups is 1. The molecule has 0 heterocycles. The Morgan fingerprint density at radius 2 is 2.00 bits per heavy atom. The molecule has 1 amide bonds. The van der Waals surface area contributed by atoms with E-state index in [4.69, 9.17) is 5.53 Å². The highest BCUT2D eigenvalue weighted by molar-refractivity contribution is 5.94. The first-order valence-electron chi connectivity index (χ1n) is 3.56. The summed E-state index contributed by atoms with van der Waals surface area (Å²) in [6.07, 6.45) is 0. The SMILES string of the molecule is N=NNC(=O)c1ccc([N+](=O)[O-])cc1. The highest BCUT2D eigenvalue weighted by Gasteiger charge is 2.08. The number of hydrogen-bond donors (Lipinski definition) is 2. The molecule has 72 valence electrons. The van der Waals surface area contributed by atoms with Crippen molar-refractivity contribution in [2.45, 2.75) is 0 Å². The first-order valence-corrected chi connectivity index (χ1v) is 3.56. The molecule has 0 unspecified atom stereocenters. The van der Waals surface area contributed by atoms with Crippen molar-refractivity contribution in [3.63, 3.8) is 0 Å². The van der Waals surface area contributed by atoms with E-state index in [0.717, 1.165) is 0 Å². The normalized spacial score (nSPS) is 9.14. The van der Waals surface area contributed by atoms with Crippen molar-refractivity contribution < 1.29 is 9.72 Å². The lowest BCUT2D eigenvalue weighted by atomic mass is 10.2. The van der Waals surface area contributed by atoms with Gasteiger partial charge in [0.25, 0.3) is 11.6 Å². The number of carbonyl (C=O) groups is 1. The first-order chi connectivity index (χ1) is 6.65. The second-order valence-corrected chi connectivity index (χ2v) is 2.36. The predicted molar refractivity (Wildman–Crippen MR) is 45.7 cm³/mol. The fourth-order valence-corrected chi connectivity index (χ4v) is 0.850. The van der Waals surface area contributed by atoms with Crippen LogP contribution in [0.5, 0.6) is 0 Å². The topological polar surface area (TPSA) is 108 Å². The highest BCUT2D eigenvalue weighted by Crippen LogP contribution is 2.11. The van der Waals surface area contributed by atoms with E-state index in [1.54, 1.807) is 0 Å². The van der Waals surface area contributed by atoms with Crippen molar-refractivity contribution in [2.24, 2.45) is 5.22 Å². The third kappa shape index (κ3) is 2.09. The van der Waals surface area contributed by atoms with Crippen molar-refractivity contribution in [2.75, 3.05) is 0 Å². The van der Waals surface area contributed by atoms with Gasteiger partial charge in [0.1, 0.15) is 0 Å². The van der Waals surface area contributed by atoms with E-state index in [2.05, 4.69) is 5.22 Å². The molecule has 1 rings (SSSR count). The monoisotopic (exact) mass is 194 g/mol. The van der Waals surface area contributed by atoms with Gasteiger partial charge in [0.15, 0.2) is 0 Å². The van der Waals surface area contributed by atoms with Crippen LogP contribution >= 0.6 is 0 Å². The van der Waals surface area contributed by atoms with Crippen molar-refractivity contribution in [1.29, 1.82) is 5.53 Å². The Kier molecular flexibility index (Phi) is 2.85. The van der Waals surface area contributed by atoms with Crippen molar-refractivity contribution in [1.82, 2.24) is 5.43 Å². The van der Waals surface area contributed by atoms with Crippen LogP contribution in [0.2, 0.25) is 0 Å². The van der Waals surface area contributed by atoms with Crippen LogP contribution in [0.25, 0.3) is 0 Å². The number of nitro benzene ring substituents is 1. The predicted octanol–water partition coefficient (Wildman–Crippen LogP) is 1.27. The van der Waals surface area contributed by atoms with Gasteiger partial charge in [-0.15, -0.1) is 0 Å². The van der Waals surface area contributed by atoms with E-state index in [1.807, 2.05) is 5.43 Å². The van der Waals surface area contributed by atoms with Crippen LogP contribution in [0.1, 0.15) is 10.4 Å². The summed E-state index contributed by atoms with van der Waals surface area (Å²) in [5.41, 5.74) is 8.39. The Morgan fingerprint density at radius 1 is 1.43 bits per heavy atom. The molecule has 7 nitrogen and oxygen atoms in total. The molecule has 0 aliphatic heterocycles. The molecule has 7 heteroatoms. The number of nitrogens with one attached hydrogen (secondary N) is 2. The van der Waals surface area contributed by atoms with Crippen molar-refractivity contribution in [3.05, 3.63) is 39.9 Å². The first kappa shape index (κ1) is 9.78. The summed E-state index contributed by atoms with van der Waals surface area (Å²) >= 11 is 0. The van der Waals surface area contributed by atoms with Gasteiger partial charge in [-0.2, -0.15) is 5.53 Å². The van der Waals surface area contributed by atoms with Gasteiger partial charge >= 0.3 is 0 Å². The standard InChI is InChI=1S/C7H6N4O3/c8-10-9-7(12)5-1-3-6(4-2-5)11(13)14/h1-4H,(H2,8,9,12). The molecule has 0 aliphatic rings. The molecule has 0 fully saturated rings. The molecular weight excluding hydrogens is 188 g/mol. The van der Waals surface area contributed by atoms with Gasteiger partial charge in [0.2, 0.25) is 0 Å². The van der Waals surface area contributed by atoms with E-state index in [1.165, 1.54) is 24.3 Å². The number of amides is 1. The third-order valence-electron chi connectivity index (χ3n) is 1.50. The Balaban J connectivity index is 2.88. The number of hydrogen-bond acceptors (Lipinski definition) is 5. The molecule has 0 aliphatic carbocycles. The number of rotatable bonds is 3. The van der Waals surface area contributed by atoms with E-state index in [0.29, 0.717) is 0 Å². The molecule has 2 N–H and O–H groups in total. The zero-order valence-electron chi connectivity index (χ0n) is 6.93. The summed E-state index contributed by atoms with van der Waals surface area (Å²) in [5, 5.41) is 13.0. The van der Waals surface area contributed by atoms with E-state index >= 15 is 0 Å². The summed E-state index contributed by atoms with van der Waals surface area (Å²) in [7, 11) is 0. The smallest absolute Gasteiger partial charge is 0.267 e. The van der Waals surface area contributed by atoms with Gasteiger partial charge in [-0.1, -0.05) is 5.22 Å². The Bertz CT molecular complexity index is 373. The Labute approximate surface area is 78.4 Å². The van der Waals surface area contributed by atoms with Gasteiger partial charge in [0.05, 0.1) is 4.92 Å². The maximum atomic E-state index is 11.0. The van der Waals surface area contributed by atoms with E-state index in [9.17, 15) is 14.9 Å². The van der Waals surface area contributed by atoms with Crippen molar-refractivity contribution >= 4 is 11.6 Å². The number of carbonyl (C=O) groups excluding carboxylic acids is 1. The minimum atomic E-state index is -0.574. The average Bonchev–Trinajstić information content (AvgIpc) is 2.18. The molecule has 0 bridgehead atoms. The number of non-ortho nitro benzene ring substituents is 1. The fraction of sp³-hybridized carbons (Fsp3) is 0. The van der Waals surface area contributed by atoms with Crippen LogP contribution in [0.3, 0.4) is 0 Å². The van der Waals surface area contributed by atoms with E-state index < -0.39 is 10.8 Å². The van der Waals surface area contributed by atoms with Gasteiger partial charge in [-0.05, 0) is 12.1 Å². The third-order valence-corrected chi connectivity index (χ3v) is 1.50. The molecule has 0 saturated carbocycles. The lowest BCUT2D eigenvalue weighted by Gasteiger charge is -1.96. The van der Waals surface area contributed by atoms with Crippen LogP contribution in [-0.4, -0.2) is 10.8 Å². The number of nitrogens with zero attached hydrogens (tertiary/aromatic N) is 2. The minimum absolute atomic E-state index is 0.0932. The summed E-state index contributed by atoms with van der Waals surface area (Å²) in [6, 6.07) is 5.00. The lowest BCUT2D eigenvalue weighted by Crippen LogP contribution is -2.16. The van der Waals surface area contributed by atoms with Crippen LogP contribution in [0.4, 0.5) is 5.69 Å². The van der Waals surface area contributed by atoms with Crippen LogP contribution in [-0.2, 0) is 0 Å². The van der Waals surface area contributed by atoms with Crippen molar-refractivity contribution in [3.8, 4) is 0 Å². The van der Waals surface area contributed by atoms with Crippen LogP contribution in [0.15, 0.2) is 29.5 Å². The maximum Gasteiger partial charge on any atom is 0.272 e.